The molecule has 1 atom stereocenters. The molecule has 1 aromatic carbocycles. The van der Waals surface area contributed by atoms with E-state index in [1.807, 2.05) is 11.8 Å². The molecule has 1 aliphatic rings. The molecule has 0 bridgehead atoms. The van der Waals surface area contributed by atoms with E-state index in [1.54, 1.807) is 6.07 Å². The van der Waals surface area contributed by atoms with Gasteiger partial charge in [0.05, 0.1) is 0 Å². The zero-order valence-corrected chi connectivity index (χ0v) is 13.2. The van der Waals surface area contributed by atoms with Crippen molar-refractivity contribution in [2.24, 2.45) is 0 Å². The minimum absolute atomic E-state index is 0. The predicted octanol–water partition coefficient (Wildman–Crippen LogP) is 3.84. The summed E-state index contributed by atoms with van der Waals surface area (Å²) in [4.78, 5) is 2.02. The molecule has 1 N–H and O–H groups in total. The highest BCUT2D eigenvalue weighted by atomic mass is 35.5. The largest absolute Gasteiger partial charge is 0.389 e. The first kappa shape index (κ1) is 19.2. The van der Waals surface area contributed by atoms with Crippen LogP contribution in [-0.4, -0.2) is 37.3 Å². The summed E-state index contributed by atoms with van der Waals surface area (Å²) in [5.74, 6) is -0.400. The second-order valence-electron chi connectivity index (χ2n) is 5.46. The van der Waals surface area contributed by atoms with Crippen LogP contribution in [0.25, 0.3) is 0 Å². The Morgan fingerprint density at radius 3 is 2.45 bits per heavy atom. The number of piperazine rings is 1. The molecular formula is C15H21ClF4N2. The molecule has 0 saturated carbocycles. The fraction of sp³-hybridized carbons (Fsp3) is 0.600. The van der Waals surface area contributed by atoms with Gasteiger partial charge in [-0.15, -0.1) is 12.4 Å². The lowest BCUT2D eigenvalue weighted by Crippen LogP contribution is -2.45. The zero-order valence-electron chi connectivity index (χ0n) is 12.4. The Balaban J connectivity index is 0.00000242. The van der Waals surface area contributed by atoms with E-state index in [0.29, 0.717) is 18.7 Å². The highest BCUT2D eigenvalue weighted by Crippen LogP contribution is 2.33. The van der Waals surface area contributed by atoms with Crippen LogP contribution in [0.2, 0.25) is 0 Å². The first-order valence-corrected chi connectivity index (χ1v) is 7.14. The number of benzene rings is 1. The Morgan fingerprint density at radius 1 is 1.23 bits per heavy atom. The highest BCUT2D eigenvalue weighted by molar-refractivity contribution is 5.85. The third-order valence-electron chi connectivity index (χ3n) is 3.89. The molecular weight excluding hydrogens is 320 g/mol. The molecule has 7 heteroatoms. The molecule has 0 spiro atoms. The van der Waals surface area contributed by atoms with Gasteiger partial charge in [0.1, 0.15) is 5.82 Å². The number of aryl methyl sites for hydroxylation is 1. The molecule has 1 fully saturated rings. The van der Waals surface area contributed by atoms with Gasteiger partial charge in [-0.05, 0) is 36.6 Å². The van der Waals surface area contributed by atoms with Crippen LogP contribution in [0.1, 0.15) is 30.0 Å². The Kier molecular flexibility index (Phi) is 7.09. The number of alkyl halides is 3. The summed E-state index contributed by atoms with van der Waals surface area (Å²) in [6.45, 7) is 4.67. The van der Waals surface area contributed by atoms with Gasteiger partial charge >= 0.3 is 6.18 Å². The smallest absolute Gasteiger partial charge is 0.314 e. The van der Waals surface area contributed by atoms with Crippen LogP contribution in [0, 0.1) is 12.7 Å². The van der Waals surface area contributed by atoms with Crippen LogP contribution in [0.4, 0.5) is 17.6 Å². The van der Waals surface area contributed by atoms with Crippen LogP contribution in [0.5, 0.6) is 0 Å². The molecule has 0 aromatic heterocycles. The average Bonchev–Trinajstić information content (AvgIpc) is 2.43. The second-order valence-corrected chi connectivity index (χ2v) is 5.46. The van der Waals surface area contributed by atoms with Crippen molar-refractivity contribution in [2.45, 2.75) is 32.0 Å². The molecule has 22 heavy (non-hydrogen) atoms. The lowest BCUT2D eigenvalue weighted by Gasteiger charge is -2.36. The van der Waals surface area contributed by atoms with E-state index in [1.165, 1.54) is 12.1 Å². The number of nitrogens with zero attached hydrogens (tertiary/aromatic N) is 1. The molecule has 0 unspecified atom stereocenters. The Bertz CT molecular complexity index is 473. The Morgan fingerprint density at radius 2 is 1.86 bits per heavy atom. The summed E-state index contributed by atoms with van der Waals surface area (Å²) in [6.07, 6.45) is -5.07. The third-order valence-corrected chi connectivity index (χ3v) is 3.89. The highest BCUT2D eigenvalue weighted by Gasteiger charge is 2.31. The standard InChI is InChI=1S/C15H20F4N2.ClH/c1-11-2-3-12(16)10-13(11)14(4-5-15(17,18)19)21-8-6-20-7-9-21;/h2-3,10,14,20H,4-9H2,1H3;1H/t14-;/m1./s1. The van der Waals surface area contributed by atoms with Crippen molar-refractivity contribution in [3.8, 4) is 0 Å². The first-order chi connectivity index (χ1) is 9.87. The summed E-state index contributed by atoms with van der Waals surface area (Å²) in [7, 11) is 0. The van der Waals surface area contributed by atoms with Crippen LogP contribution in [0.3, 0.4) is 0 Å². The van der Waals surface area contributed by atoms with Gasteiger partial charge in [-0.2, -0.15) is 13.2 Å². The average molecular weight is 341 g/mol. The number of rotatable bonds is 4. The quantitative estimate of drug-likeness (QED) is 0.838. The summed E-state index contributed by atoms with van der Waals surface area (Å²) in [6, 6.07) is 3.97. The normalized spacial score (nSPS) is 17.9. The second kappa shape index (κ2) is 8.13. The van der Waals surface area contributed by atoms with Crippen molar-refractivity contribution in [2.75, 3.05) is 26.2 Å². The summed E-state index contributed by atoms with van der Waals surface area (Å²) >= 11 is 0. The lowest BCUT2D eigenvalue weighted by atomic mass is 9.95. The van der Waals surface area contributed by atoms with E-state index in [9.17, 15) is 17.6 Å². The van der Waals surface area contributed by atoms with E-state index in [4.69, 9.17) is 0 Å². The maximum atomic E-state index is 13.5. The molecule has 0 radical (unpaired) electrons. The molecule has 0 amide bonds. The van der Waals surface area contributed by atoms with Crippen molar-refractivity contribution >= 4 is 12.4 Å². The molecule has 126 valence electrons. The topological polar surface area (TPSA) is 15.3 Å². The molecule has 2 rings (SSSR count). The molecule has 2 nitrogen and oxygen atoms in total. The van der Waals surface area contributed by atoms with Crippen LogP contribution in [-0.2, 0) is 0 Å². The van der Waals surface area contributed by atoms with Gasteiger partial charge in [-0.1, -0.05) is 6.07 Å². The number of hydrogen-bond acceptors (Lipinski definition) is 2. The van der Waals surface area contributed by atoms with Crippen molar-refractivity contribution in [3.05, 3.63) is 35.1 Å². The van der Waals surface area contributed by atoms with Crippen LogP contribution >= 0.6 is 12.4 Å². The fourth-order valence-electron chi connectivity index (χ4n) is 2.80. The minimum atomic E-state index is -4.19. The zero-order chi connectivity index (χ0) is 15.5. The maximum absolute atomic E-state index is 13.5. The summed E-state index contributed by atoms with van der Waals surface area (Å²) < 4.78 is 51.2. The van der Waals surface area contributed by atoms with Gasteiger partial charge in [-0.3, -0.25) is 4.90 Å². The molecule has 1 aliphatic heterocycles. The van der Waals surface area contributed by atoms with Gasteiger partial charge in [-0.25, -0.2) is 4.39 Å². The minimum Gasteiger partial charge on any atom is -0.314 e. The maximum Gasteiger partial charge on any atom is 0.389 e. The third kappa shape index (κ3) is 5.41. The monoisotopic (exact) mass is 340 g/mol. The van der Waals surface area contributed by atoms with Crippen molar-refractivity contribution in [1.82, 2.24) is 10.2 Å². The van der Waals surface area contributed by atoms with Crippen molar-refractivity contribution in [1.29, 1.82) is 0 Å². The van der Waals surface area contributed by atoms with E-state index in [-0.39, 0.29) is 24.9 Å². The van der Waals surface area contributed by atoms with Crippen molar-refractivity contribution in [3.63, 3.8) is 0 Å². The molecule has 1 heterocycles. The van der Waals surface area contributed by atoms with Gasteiger partial charge in [0, 0.05) is 38.6 Å². The fourth-order valence-corrected chi connectivity index (χ4v) is 2.80. The van der Waals surface area contributed by atoms with Gasteiger partial charge < -0.3 is 5.32 Å². The predicted molar refractivity (Wildman–Crippen MR) is 80.9 cm³/mol. The van der Waals surface area contributed by atoms with E-state index in [0.717, 1.165) is 18.7 Å². The number of halogens is 5. The molecule has 1 aromatic rings. The molecule has 1 saturated heterocycles. The number of hydrogen-bond donors (Lipinski definition) is 1. The van der Waals surface area contributed by atoms with Gasteiger partial charge in [0.25, 0.3) is 0 Å². The van der Waals surface area contributed by atoms with Gasteiger partial charge in [0.15, 0.2) is 0 Å². The first-order valence-electron chi connectivity index (χ1n) is 7.14. The van der Waals surface area contributed by atoms with Gasteiger partial charge in [0.2, 0.25) is 0 Å². The summed E-state index contributed by atoms with van der Waals surface area (Å²) in [5, 5.41) is 3.18. The Labute approximate surface area is 134 Å². The SMILES string of the molecule is Cc1ccc(F)cc1[C@@H](CCC(F)(F)F)N1CCNCC1.Cl. The van der Waals surface area contributed by atoms with Crippen LogP contribution in [0.15, 0.2) is 18.2 Å². The molecule has 0 aliphatic carbocycles. The number of nitrogens with one attached hydrogen (secondary N) is 1. The lowest BCUT2D eigenvalue weighted by molar-refractivity contribution is -0.138. The van der Waals surface area contributed by atoms with Crippen molar-refractivity contribution < 1.29 is 17.6 Å². The van der Waals surface area contributed by atoms with Crippen LogP contribution < -0.4 is 5.32 Å². The Hall–Kier alpha value is -0.850. The van der Waals surface area contributed by atoms with E-state index < -0.39 is 18.4 Å². The summed E-state index contributed by atoms with van der Waals surface area (Å²) in [5.41, 5.74) is 1.50. The van der Waals surface area contributed by atoms with E-state index >= 15 is 0 Å². The van der Waals surface area contributed by atoms with E-state index in [2.05, 4.69) is 5.32 Å².